The van der Waals surface area contributed by atoms with Crippen molar-refractivity contribution < 1.29 is 9.53 Å². The Morgan fingerprint density at radius 1 is 1.36 bits per heavy atom. The summed E-state index contributed by atoms with van der Waals surface area (Å²) in [7, 11) is 1.61. The van der Waals surface area contributed by atoms with Gasteiger partial charge in [-0.3, -0.25) is 10.1 Å². The Bertz CT molecular complexity index is 692. The first kappa shape index (κ1) is 16.2. The number of anilines is 1. The zero-order valence-corrected chi connectivity index (χ0v) is 13.9. The number of methoxy groups -OCH3 is 1. The van der Waals surface area contributed by atoms with Gasteiger partial charge in [-0.15, -0.1) is 10.2 Å². The van der Waals surface area contributed by atoms with Crippen molar-refractivity contribution in [1.29, 1.82) is 0 Å². The van der Waals surface area contributed by atoms with Gasteiger partial charge >= 0.3 is 0 Å². The standard InChI is InChI=1S/C16H19N3O2S/c1-10(2)15-18-19-16(22-15)17-14(20)8-6-12-9-11(3)5-7-13(12)21-4/h5-10H,1-4H3,(H,17,19,20)/b8-6+. The third-order valence-electron chi connectivity index (χ3n) is 2.96. The molecule has 2 aromatic rings. The summed E-state index contributed by atoms with van der Waals surface area (Å²) in [5, 5.41) is 12.1. The zero-order chi connectivity index (χ0) is 16.1. The van der Waals surface area contributed by atoms with E-state index in [1.54, 1.807) is 13.2 Å². The van der Waals surface area contributed by atoms with E-state index >= 15 is 0 Å². The SMILES string of the molecule is COc1ccc(C)cc1/C=C/C(=O)Nc1nnc(C(C)C)s1. The Hall–Kier alpha value is -2.21. The molecule has 116 valence electrons. The molecule has 0 saturated heterocycles. The summed E-state index contributed by atoms with van der Waals surface area (Å²) in [5.74, 6) is 0.790. The molecule has 0 aliphatic heterocycles. The Morgan fingerprint density at radius 2 is 2.14 bits per heavy atom. The fourth-order valence-corrected chi connectivity index (χ4v) is 2.56. The molecule has 6 heteroatoms. The lowest BCUT2D eigenvalue weighted by Crippen LogP contribution is -2.07. The van der Waals surface area contributed by atoms with Crippen LogP contribution in [0.1, 0.15) is 35.9 Å². The van der Waals surface area contributed by atoms with Gasteiger partial charge < -0.3 is 4.74 Å². The van der Waals surface area contributed by atoms with Crippen LogP contribution in [-0.4, -0.2) is 23.2 Å². The monoisotopic (exact) mass is 317 g/mol. The van der Waals surface area contributed by atoms with E-state index in [-0.39, 0.29) is 5.91 Å². The number of aryl methyl sites for hydroxylation is 1. The molecule has 0 fully saturated rings. The number of amides is 1. The highest BCUT2D eigenvalue weighted by molar-refractivity contribution is 7.15. The maximum Gasteiger partial charge on any atom is 0.250 e. The number of hydrogen-bond donors (Lipinski definition) is 1. The van der Waals surface area contributed by atoms with Crippen LogP contribution in [0.25, 0.3) is 6.08 Å². The smallest absolute Gasteiger partial charge is 0.250 e. The summed E-state index contributed by atoms with van der Waals surface area (Å²) >= 11 is 1.39. The van der Waals surface area contributed by atoms with Crippen LogP contribution in [0.3, 0.4) is 0 Å². The van der Waals surface area contributed by atoms with E-state index in [9.17, 15) is 4.79 Å². The van der Waals surface area contributed by atoms with Gasteiger partial charge in [-0.1, -0.05) is 36.8 Å². The molecule has 0 bridgehead atoms. The number of carbonyl (C=O) groups is 1. The van der Waals surface area contributed by atoms with Gasteiger partial charge in [-0.05, 0) is 25.1 Å². The molecular weight excluding hydrogens is 298 g/mol. The molecule has 0 atom stereocenters. The zero-order valence-electron chi connectivity index (χ0n) is 13.1. The molecule has 22 heavy (non-hydrogen) atoms. The highest BCUT2D eigenvalue weighted by atomic mass is 32.1. The van der Waals surface area contributed by atoms with Crippen LogP contribution < -0.4 is 10.1 Å². The second-order valence-electron chi connectivity index (χ2n) is 5.17. The lowest BCUT2D eigenvalue weighted by atomic mass is 10.1. The molecule has 0 aliphatic carbocycles. The lowest BCUT2D eigenvalue weighted by molar-refractivity contribution is -0.111. The van der Waals surface area contributed by atoms with Crippen molar-refractivity contribution in [2.24, 2.45) is 0 Å². The topological polar surface area (TPSA) is 64.1 Å². The number of rotatable bonds is 5. The largest absolute Gasteiger partial charge is 0.496 e. The highest BCUT2D eigenvalue weighted by Gasteiger charge is 2.09. The third kappa shape index (κ3) is 4.14. The predicted molar refractivity (Wildman–Crippen MR) is 89.4 cm³/mol. The molecule has 0 saturated carbocycles. The first-order valence-corrected chi connectivity index (χ1v) is 7.78. The summed E-state index contributed by atoms with van der Waals surface area (Å²) in [6.45, 7) is 6.07. The van der Waals surface area contributed by atoms with Gasteiger partial charge in [-0.2, -0.15) is 0 Å². The van der Waals surface area contributed by atoms with Crippen molar-refractivity contribution in [3.63, 3.8) is 0 Å². The molecule has 1 aromatic heterocycles. The Balaban J connectivity index is 2.06. The number of nitrogens with zero attached hydrogens (tertiary/aromatic N) is 2. The first-order chi connectivity index (χ1) is 10.5. The maximum absolute atomic E-state index is 11.9. The average Bonchev–Trinajstić information content (AvgIpc) is 2.94. The van der Waals surface area contributed by atoms with Gasteiger partial charge in [0.25, 0.3) is 0 Å². The fourth-order valence-electron chi connectivity index (χ4n) is 1.81. The van der Waals surface area contributed by atoms with Gasteiger partial charge in [0.1, 0.15) is 10.8 Å². The summed E-state index contributed by atoms with van der Waals surface area (Å²) in [4.78, 5) is 11.9. The van der Waals surface area contributed by atoms with Crippen molar-refractivity contribution in [3.05, 3.63) is 40.4 Å². The minimum Gasteiger partial charge on any atom is -0.496 e. The molecule has 1 heterocycles. The summed E-state index contributed by atoms with van der Waals surface area (Å²) < 4.78 is 5.28. The fraction of sp³-hybridized carbons (Fsp3) is 0.312. The van der Waals surface area contributed by atoms with Crippen LogP contribution in [0.5, 0.6) is 5.75 Å². The Labute approximate surface area is 134 Å². The minimum absolute atomic E-state index is 0.241. The molecule has 1 amide bonds. The van der Waals surface area contributed by atoms with E-state index in [2.05, 4.69) is 15.5 Å². The highest BCUT2D eigenvalue weighted by Crippen LogP contribution is 2.23. The second kappa shape index (κ2) is 7.17. The molecule has 1 aromatic carbocycles. The van der Waals surface area contributed by atoms with Crippen LogP contribution in [-0.2, 0) is 4.79 Å². The molecule has 0 radical (unpaired) electrons. The first-order valence-electron chi connectivity index (χ1n) is 6.96. The van der Waals surface area contributed by atoms with Crippen LogP contribution in [0, 0.1) is 6.92 Å². The lowest BCUT2D eigenvalue weighted by Gasteiger charge is -2.05. The van der Waals surface area contributed by atoms with Crippen LogP contribution >= 0.6 is 11.3 Å². The number of aromatic nitrogens is 2. The van der Waals surface area contributed by atoms with Gasteiger partial charge in [-0.25, -0.2) is 0 Å². The molecule has 0 unspecified atom stereocenters. The van der Waals surface area contributed by atoms with Crippen LogP contribution in [0.2, 0.25) is 0 Å². The average molecular weight is 317 g/mol. The number of ether oxygens (including phenoxy) is 1. The second-order valence-corrected chi connectivity index (χ2v) is 6.18. The number of hydrogen-bond acceptors (Lipinski definition) is 5. The molecule has 2 rings (SSSR count). The predicted octanol–water partition coefficient (Wildman–Crippen LogP) is 3.63. The van der Waals surface area contributed by atoms with Crippen molar-refractivity contribution in [3.8, 4) is 5.75 Å². The normalized spacial score (nSPS) is 11.1. The third-order valence-corrected chi connectivity index (χ3v) is 4.10. The summed E-state index contributed by atoms with van der Waals surface area (Å²) in [6.07, 6.45) is 3.19. The molecular formula is C16H19N3O2S. The van der Waals surface area contributed by atoms with Gasteiger partial charge in [0.05, 0.1) is 7.11 Å². The Kier molecular flexibility index (Phi) is 5.27. The van der Waals surface area contributed by atoms with Gasteiger partial charge in [0.15, 0.2) is 0 Å². The number of nitrogens with one attached hydrogen (secondary N) is 1. The van der Waals surface area contributed by atoms with Crippen LogP contribution in [0.15, 0.2) is 24.3 Å². The molecule has 1 N–H and O–H groups in total. The maximum atomic E-state index is 11.9. The van der Waals surface area contributed by atoms with E-state index in [1.807, 2.05) is 39.0 Å². The summed E-state index contributed by atoms with van der Waals surface area (Å²) in [6, 6.07) is 5.81. The van der Waals surface area contributed by atoms with E-state index in [0.717, 1.165) is 21.9 Å². The molecule has 0 spiro atoms. The van der Waals surface area contributed by atoms with Gasteiger partial charge in [0.2, 0.25) is 11.0 Å². The molecule has 0 aliphatic rings. The Morgan fingerprint density at radius 3 is 2.77 bits per heavy atom. The van der Waals surface area contributed by atoms with Crippen molar-refractivity contribution in [1.82, 2.24) is 10.2 Å². The van der Waals surface area contributed by atoms with Crippen LogP contribution in [0.4, 0.5) is 5.13 Å². The van der Waals surface area contributed by atoms with Crippen molar-refractivity contribution in [2.45, 2.75) is 26.7 Å². The van der Waals surface area contributed by atoms with Crippen molar-refractivity contribution in [2.75, 3.05) is 12.4 Å². The quantitative estimate of drug-likeness (QED) is 0.855. The van der Waals surface area contributed by atoms with E-state index in [0.29, 0.717) is 11.0 Å². The summed E-state index contributed by atoms with van der Waals surface area (Å²) in [5.41, 5.74) is 1.96. The van der Waals surface area contributed by atoms with E-state index in [1.165, 1.54) is 17.4 Å². The minimum atomic E-state index is -0.241. The van der Waals surface area contributed by atoms with Gasteiger partial charge in [0, 0.05) is 17.6 Å². The number of benzene rings is 1. The number of carbonyl (C=O) groups excluding carboxylic acids is 1. The van der Waals surface area contributed by atoms with E-state index < -0.39 is 0 Å². The molecule has 5 nitrogen and oxygen atoms in total. The van der Waals surface area contributed by atoms with Crippen molar-refractivity contribution >= 4 is 28.5 Å². The van der Waals surface area contributed by atoms with E-state index in [4.69, 9.17) is 4.74 Å².